The number of amides is 1. The third-order valence-corrected chi connectivity index (χ3v) is 5.74. The number of ether oxygens (including phenoxy) is 1. The van der Waals surface area contributed by atoms with Crippen LogP contribution in [0.15, 0.2) is 41.8 Å². The second-order valence-corrected chi connectivity index (χ2v) is 7.57. The lowest BCUT2D eigenvalue weighted by atomic mass is 9.97. The van der Waals surface area contributed by atoms with E-state index in [0.717, 1.165) is 16.9 Å². The quantitative estimate of drug-likeness (QED) is 0.563. The molecule has 1 aliphatic heterocycles. The number of nitrogens with zero attached hydrogens (tertiary/aromatic N) is 1. The Hall–Kier alpha value is -2.47. The standard InChI is InChI=1S/C21H23NO4S/c1-2-15-5-7-16(8-6-15)18(23)14-26-21(25)17-9-11-22(12-10-17)20(24)19-4-3-13-27-19/h3-8,13,17H,2,9-12,14H2,1H3. The van der Waals surface area contributed by atoms with E-state index in [1.165, 1.54) is 11.3 Å². The number of Topliss-reactive ketones (excluding diaryl/α,β-unsaturated/α-hetero) is 1. The molecule has 5 nitrogen and oxygen atoms in total. The number of hydrogen-bond acceptors (Lipinski definition) is 5. The number of rotatable bonds is 6. The maximum absolute atomic E-state index is 12.3. The highest BCUT2D eigenvalue weighted by Crippen LogP contribution is 2.22. The predicted molar refractivity (Wildman–Crippen MR) is 104 cm³/mol. The third-order valence-electron chi connectivity index (χ3n) is 4.88. The fourth-order valence-corrected chi connectivity index (χ4v) is 3.83. The van der Waals surface area contributed by atoms with Crippen LogP contribution in [0.4, 0.5) is 0 Å². The van der Waals surface area contributed by atoms with Crippen LogP contribution in [0.5, 0.6) is 0 Å². The van der Waals surface area contributed by atoms with Gasteiger partial charge >= 0.3 is 5.97 Å². The summed E-state index contributed by atoms with van der Waals surface area (Å²) in [5, 5.41) is 1.88. The van der Waals surface area contributed by atoms with Crippen molar-refractivity contribution in [2.45, 2.75) is 26.2 Å². The summed E-state index contributed by atoms with van der Waals surface area (Å²) in [6.07, 6.45) is 2.04. The Morgan fingerprint density at radius 3 is 2.41 bits per heavy atom. The summed E-state index contributed by atoms with van der Waals surface area (Å²) in [5.74, 6) is -0.789. The molecule has 0 radical (unpaired) electrons. The van der Waals surface area contributed by atoms with E-state index < -0.39 is 0 Å². The molecule has 6 heteroatoms. The average Bonchev–Trinajstić information content (AvgIpc) is 3.26. The van der Waals surface area contributed by atoms with E-state index in [1.807, 2.05) is 29.6 Å². The van der Waals surface area contributed by atoms with E-state index in [-0.39, 0.29) is 30.2 Å². The van der Waals surface area contributed by atoms with E-state index in [9.17, 15) is 14.4 Å². The van der Waals surface area contributed by atoms with E-state index >= 15 is 0 Å². The molecular formula is C21H23NO4S. The second kappa shape index (κ2) is 8.95. The summed E-state index contributed by atoms with van der Waals surface area (Å²) < 4.78 is 5.23. The van der Waals surface area contributed by atoms with Gasteiger partial charge in [-0.25, -0.2) is 0 Å². The first-order valence-corrected chi connectivity index (χ1v) is 10.1. The molecule has 1 aromatic carbocycles. The van der Waals surface area contributed by atoms with Crippen molar-refractivity contribution in [3.63, 3.8) is 0 Å². The monoisotopic (exact) mass is 385 g/mol. The van der Waals surface area contributed by atoms with E-state index in [0.29, 0.717) is 31.5 Å². The molecule has 0 aliphatic carbocycles. The lowest BCUT2D eigenvalue weighted by Gasteiger charge is -2.30. The minimum atomic E-state index is -0.350. The van der Waals surface area contributed by atoms with Gasteiger partial charge in [-0.2, -0.15) is 0 Å². The highest BCUT2D eigenvalue weighted by molar-refractivity contribution is 7.12. The first-order chi connectivity index (χ1) is 13.1. The first kappa shape index (κ1) is 19.3. The Balaban J connectivity index is 1.45. The molecule has 1 aliphatic rings. The maximum atomic E-state index is 12.3. The molecule has 1 aromatic heterocycles. The van der Waals surface area contributed by atoms with Crippen LogP contribution < -0.4 is 0 Å². The van der Waals surface area contributed by atoms with Crippen molar-refractivity contribution in [3.8, 4) is 0 Å². The minimum absolute atomic E-state index is 0.0162. The zero-order valence-corrected chi connectivity index (χ0v) is 16.2. The minimum Gasteiger partial charge on any atom is -0.457 e. The van der Waals surface area contributed by atoms with Crippen LogP contribution in [0.3, 0.4) is 0 Å². The number of carbonyl (C=O) groups is 3. The van der Waals surface area contributed by atoms with Gasteiger partial charge in [0.25, 0.3) is 5.91 Å². The van der Waals surface area contributed by atoms with Gasteiger partial charge in [0.1, 0.15) is 0 Å². The van der Waals surface area contributed by atoms with E-state index in [1.54, 1.807) is 17.0 Å². The molecule has 0 N–H and O–H groups in total. The molecule has 27 heavy (non-hydrogen) atoms. The van der Waals surface area contributed by atoms with Gasteiger partial charge < -0.3 is 9.64 Å². The van der Waals surface area contributed by atoms with Gasteiger partial charge in [-0.05, 0) is 36.3 Å². The SMILES string of the molecule is CCc1ccc(C(=O)COC(=O)C2CCN(C(=O)c3cccs3)CC2)cc1. The van der Waals surface area contributed by atoms with Crippen LogP contribution in [0.2, 0.25) is 0 Å². The predicted octanol–water partition coefficient (Wildman–Crippen LogP) is 3.59. The highest BCUT2D eigenvalue weighted by atomic mass is 32.1. The van der Waals surface area contributed by atoms with Crippen molar-refractivity contribution in [1.82, 2.24) is 4.90 Å². The Bertz CT molecular complexity index is 790. The molecule has 142 valence electrons. The molecule has 0 unspecified atom stereocenters. The van der Waals surface area contributed by atoms with Crippen molar-refractivity contribution in [2.75, 3.05) is 19.7 Å². The Labute approximate surface area is 162 Å². The van der Waals surface area contributed by atoms with E-state index in [2.05, 4.69) is 6.92 Å². The van der Waals surface area contributed by atoms with E-state index in [4.69, 9.17) is 4.74 Å². The number of thiophene rings is 1. The zero-order chi connectivity index (χ0) is 19.2. The zero-order valence-electron chi connectivity index (χ0n) is 15.3. The highest BCUT2D eigenvalue weighted by Gasteiger charge is 2.29. The van der Waals surface area contributed by atoms with Crippen molar-refractivity contribution >= 4 is 29.0 Å². The van der Waals surface area contributed by atoms with Gasteiger partial charge in [0, 0.05) is 18.7 Å². The Morgan fingerprint density at radius 1 is 1.11 bits per heavy atom. The van der Waals surface area contributed by atoms with Crippen LogP contribution in [0, 0.1) is 5.92 Å². The molecule has 0 bridgehead atoms. The van der Waals surface area contributed by atoms with Crippen LogP contribution in [0.25, 0.3) is 0 Å². The van der Waals surface area contributed by atoms with Crippen LogP contribution in [-0.4, -0.2) is 42.3 Å². The maximum Gasteiger partial charge on any atom is 0.309 e. The third kappa shape index (κ3) is 4.83. The summed E-state index contributed by atoms with van der Waals surface area (Å²) in [7, 11) is 0. The molecule has 1 fully saturated rings. The summed E-state index contributed by atoms with van der Waals surface area (Å²) in [6, 6.07) is 11.0. The molecule has 3 rings (SSSR count). The van der Waals surface area contributed by atoms with Crippen LogP contribution in [-0.2, 0) is 16.0 Å². The molecular weight excluding hydrogens is 362 g/mol. The summed E-state index contributed by atoms with van der Waals surface area (Å²) >= 11 is 1.42. The second-order valence-electron chi connectivity index (χ2n) is 6.63. The number of ketones is 1. The van der Waals surface area contributed by atoms with Crippen molar-refractivity contribution in [3.05, 3.63) is 57.8 Å². The normalized spacial score (nSPS) is 14.8. The molecule has 0 spiro atoms. The fourth-order valence-electron chi connectivity index (χ4n) is 3.14. The molecule has 2 heterocycles. The van der Waals surface area contributed by atoms with Crippen molar-refractivity contribution in [1.29, 1.82) is 0 Å². The number of aryl methyl sites for hydroxylation is 1. The van der Waals surface area contributed by atoms with Gasteiger partial charge in [0.05, 0.1) is 10.8 Å². The smallest absolute Gasteiger partial charge is 0.309 e. The molecule has 1 saturated heterocycles. The van der Waals surface area contributed by atoms with Crippen LogP contribution >= 0.6 is 11.3 Å². The van der Waals surface area contributed by atoms with Crippen molar-refractivity contribution in [2.24, 2.45) is 5.92 Å². The largest absolute Gasteiger partial charge is 0.457 e. The molecule has 0 saturated carbocycles. The fraction of sp³-hybridized carbons (Fsp3) is 0.381. The number of esters is 1. The summed E-state index contributed by atoms with van der Waals surface area (Å²) in [4.78, 5) is 39.3. The van der Waals surface area contributed by atoms with Gasteiger partial charge in [-0.3, -0.25) is 14.4 Å². The lowest BCUT2D eigenvalue weighted by Crippen LogP contribution is -2.40. The summed E-state index contributed by atoms with van der Waals surface area (Å²) in [6.45, 7) is 2.88. The number of likely N-dealkylation sites (tertiary alicyclic amines) is 1. The Morgan fingerprint density at radius 2 is 1.81 bits per heavy atom. The van der Waals surface area contributed by atoms with Crippen molar-refractivity contribution < 1.29 is 19.1 Å². The number of benzene rings is 1. The Kier molecular flexibility index (Phi) is 6.40. The first-order valence-electron chi connectivity index (χ1n) is 9.20. The van der Waals surface area contributed by atoms with Gasteiger partial charge in [-0.1, -0.05) is 37.3 Å². The number of hydrogen-bond donors (Lipinski definition) is 0. The van der Waals surface area contributed by atoms with Gasteiger partial charge in [0.2, 0.25) is 0 Å². The van der Waals surface area contributed by atoms with Gasteiger partial charge in [-0.15, -0.1) is 11.3 Å². The average molecular weight is 385 g/mol. The number of piperidine rings is 1. The number of carbonyl (C=O) groups excluding carboxylic acids is 3. The molecule has 2 aromatic rings. The van der Waals surface area contributed by atoms with Gasteiger partial charge in [0.15, 0.2) is 12.4 Å². The molecule has 1 amide bonds. The lowest BCUT2D eigenvalue weighted by molar-refractivity contribution is -0.148. The summed E-state index contributed by atoms with van der Waals surface area (Å²) in [5.41, 5.74) is 1.71. The molecule has 0 atom stereocenters. The van der Waals surface area contributed by atoms with Crippen LogP contribution in [0.1, 0.15) is 45.4 Å². The topological polar surface area (TPSA) is 63.7 Å².